The molecule has 27 heavy (non-hydrogen) atoms. The summed E-state index contributed by atoms with van der Waals surface area (Å²) in [7, 11) is -5.57. The summed E-state index contributed by atoms with van der Waals surface area (Å²) in [5.74, 6) is 0. The molecule has 0 radical (unpaired) electrons. The number of thiophene rings is 1. The van der Waals surface area contributed by atoms with Crippen LogP contribution in [0.4, 0.5) is 0 Å². The Labute approximate surface area is 170 Å². The SMILES string of the molecule is CN1CCN(Cc2ccc(S(=O)(=O)c3csc(S(N)(=O)=O)c3)cc2)CC1.Cl. The number of piperazine rings is 1. The number of sulfone groups is 1. The van der Waals surface area contributed by atoms with E-state index in [0.717, 1.165) is 55.7 Å². The normalized spacial score (nSPS) is 16.8. The second-order valence-electron chi connectivity index (χ2n) is 6.37. The monoisotopic (exact) mass is 451 g/mol. The average Bonchev–Trinajstić information content (AvgIpc) is 3.09. The van der Waals surface area contributed by atoms with Crippen molar-refractivity contribution in [3.63, 3.8) is 0 Å². The van der Waals surface area contributed by atoms with Gasteiger partial charge in [0.25, 0.3) is 0 Å². The molecular formula is C16H22ClN3O4S3. The molecule has 3 rings (SSSR count). The predicted molar refractivity (Wildman–Crippen MR) is 108 cm³/mol. The Morgan fingerprint density at radius 1 is 1.00 bits per heavy atom. The molecule has 1 aliphatic heterocycles. The van der Waals surface area contributed by atoms with E-state index in [4.69, 9.17) is 5.14 Å². The molecule has 2 heterocycles. The minimum atomic E-state index is -3.91. The number of hydrogen-bond acceptors (Lipinski definition) is 7. The molecule has 2 N–H and O–H groups in total. The van der Waals surface area contributed by atoms with Crippen LogP contribution in [0.3, 0.4) is 0 Å². The Morgan fingerprint density at radius 2 is 1.59 bits per heavy atom. The first-order chi connectivity index (χ1) is 12.2. The quantitative estimate of drug-likeness (QED) is 0.737. The standard InChI is InChI=1S/C16H21N3O4S3.ClH/c1-18-6-8-19(9-7-18)11-13-2-4-14(5-3-13)25(20,21)15-10-16(24-12-15)26(17,22)23;/h2-5,10,12H,6-9,11H2,1H3,(H2,17,22,23);1H. The molecule has 1 fully saturated rings. The second kappa shape index (κ2) is 8.56. The van der Waals surface area contributed by atoms with Crippen LogP contribution >= 0.6 is 23.7 Å². The molecule has 0 aliphatic carbocycles. The summed E-state index contributed by atoms with van der Waals surface area (Å²) in [6.07, 6.45) is 0. The van der Waals surface area contributed by atoms with Crippen LogP contribution in [0.25, 0.3) is 0 Å². The van der Waals surface area contributed by atoms with Gasteiger partial charge in [-0.1, -0.05) is 12.1 Å². The average molecular weight is 452 g/mol. The fourth-order valence-electron chi connectivity index (χ4n) is 2.76. The van der Waals surface area contributed by atoms with Gasteiger partial charge in [-0.3, -0.25) is 4.90 Å². The van der Waals surface area contributed by atoms with Gasteiger partial charge in [0.15, 0.2) is 0 Å². The Morgan fingerprint density at radius 3 is 2.11 bits per heavy atom. The Bertz CT molecular complexity index is 980. The molecule has 0 unspecified atom stereocenters. The Balaban J connectivity index is 0.00000261. The van der Waals surface area contributed by atoms with Gasteiger partial charge in [-0.05, 0) is 30.8 Å². The molecular weight excluding hydrogens is 430 g/mol. The van der Waals surface area contributed by atoms with Gasteiger partial charge in [-0.15, -0.1) is 23.7 Å². The summed E-state index contributed by atoms with van der Waals surface area (Å²) < 4.78 is 47.9. The lowest BCUT2D eigenvalue weighted by atomic mass is 10.2. The summed E-state index contributed by atoms with van der Waals surface area (Å²) >= 11 is 0.802. The van der Waals surface area contributed by atoms with Gasteiger partial charge in [0, 0.05) is 38.1 Å². The summed E-state index contributed by atoms with van der Waals surface area (Å²) in [4.78, 5) is 4.69. The van der Waals surface area contributed by atoms with E-state index in [-0.39, 0.29) is 26.4 Å². The number of hydrogen-bond donors (Lipinski definition) is 1. The zero-order chi connectivity index (χ0) is 18.9. The van der Waals surface area contributed by atoms with Crippen molar-refractivity contribution in [2.45, 2.75) is 20.5 Å². The van der Waals surface area contributed by atoms with Gasteiger partial charge in [0.2, 0.25) is 19.9 Å². The highest BCUT2D eigenvalue weighted by atomic mass is 35.5. The largest absolute Gasteiger partial charge is 0.304 e. The number of rotatable bonds is 5. The molecule has 1 aromatic heterocycles. The van der Waals surface area contributed by atoms with E-state index in [1.165, 1.54) is 5.38 Å². The van der Waals surface area contributed by atoms with Crippen molar-refractivity contribution in [3.05, 3.63) is 41.3 Å². The van der Waals surface area contributed by atoms with Gasteiger partial charge >= 0.3 is 0 Å². The highest BCUT2D eigenvalue weighted by molar-refractivity contribution is 7.92. The summed E-state index contributed by atoms with van der Waals surface area (Å²) in [6, 6.07) is 7.84. The first-order valence-corrected chi connectivity index (χ1v) is 11.9. The van der Waals surface area contributed by atoms with E-state index in [2.05, 4.69) is 16.8 Å². The highest BCUT2D eigenvalue weighted by Gasteiger charge is 2.22. The molecule has 1 aliphatic rings. The molecule has 1 saturated heterocycles. The van der Waals surface area contributed by atoms with E-state index < -0.39 is 19.9 Å². The van der Waals surface area contributed by atoms with E-state index in [1.807, 2.05) is 0 Å². The van der Waals surface area contributed by atoms with Gasteiger partial charge in [0.1, 0.15) is 4.21 Å². The van der Waals surface area contributed by atoms with E-state index in [1.54, 1.807) is 24.3 Å². The van der Waals surface area contributed by atoms with Crippen molar-refractivity contribution in [1.29, 1.82) is 0 Å². The summed E-state index contributed by atoms with van der Waals surface area (Å²) in [6.45, 7) is 4.81. The van der Waals surface area contributed by atoms with Crippen molar-refractivity contribution in [1.82, 2.24) is 9.80 Å². The molecule has 0 saturated carbocycles. The van der Waals surface area contributed by atoms with Crippen LogP contribution in [0.1, 0.15) is 5.56 Å². The van der Waals surface area contributed by atoms with Gasteiger partial charge in [0.05, 0.1) is 9.79 Å². The lowest BCUT2D eigenvalue weighted by Crippen LogP contribution is -2.43. The number of likely N-dealkylation sites (N-methyl/N-ethyl adjacent to an activating group) is 1. The minimum absolute atomic E-state index is 0. The lowest BCUT2D eigenvalue weighted by Gasteiger charge is -2.32. The maximum absolute atomic E-state index is 12.7. The van der Waals surface area contributed by atoms with E-state index in [0.29, 0.717) is 0 Å². The second-order valence-corrected chi connectivity index (χ2v) is 11.0. The number of halogens is 1. The molecule has 1 aromatic carbocycles. The van der Waals surface area contributed by atoms with E-state index in [9.17, 15) is 16.8 Å². The molecule has 0 atom stereocenters. The summed E-state index contributed by atoms with van der Waals surface area (Å²) in [5.41, 5.74) is 1.05. The van der Waals surface area contributed by atoms with E-state index >= 15 is 0 Å². The van der Waals surface area contributed by atoms with Gasteiger partial charge in [-0.2, -0.15) is 0 Å². The van der Waals surface area contributed by atoms with Crippen LogP contribution in [0.5, 0.6) is 0 Å². The molecule has 0 bridgehead atoms. The molecule has 0 spiro atoms. The number of benzene rings is 1. The van der Waals surface area contributed by atoms with Crippen molar-refractivity contribution in [2.75, 3.05) is 33.2 Å². The van der Waals surface area contributed by atoms with Crippen LogP contribution in [-0.2, 0) is 26.4 Å². The van der Waals surface area contributed by atoms with Crippen molar-refractivity contribution >= 4 is 43.6 Å². The maximum atomic E-state index is 12.7. The van der Waals surface area contributed by atoms with Crippen LogP contribution in [0, 0.1) is 0 Å². The molecule has 7 nitrogen and oxygen atoms in total. The third-order valence-corrected chi connectivity index (χ3v) is 8.66. The zero-order valence-electron chi connectivity index (χ0n) is 14.7. The first-order valence-electron chi connectivity index (χ1n) is 8.02. The molecule has 2 aromatic rings. The molecule has 150 valence electrons. The number of primary sulfonamides is 1. The van der Waals surface area contributed by atoms with Crippen molar-refractivity contribution < 1.29 is 16.8 Å². The number of nitrogens with two attached hydrogens (primary N) is 1. The third-order valence-electron chi connectivity index (χ3n) is 4.38. The van der Waals surface area contributed by atoms with Crippen LogP contribution in [0.15, 0.2) is 49.7 Å². The molecule has 11 heteroatoms. The topological polar surface area (TPSA) is 101 Å². The molecule has 0 amide bonds. The van der Waals surface area contributed by atoms with Gasteiger partial charge < -0.3 is 4.90 Å². The predicted octanol–water partition coefficient (Wildman–Crippen LogP) is 1.40. The maximum Gasteiger partial charge on any atom is 0.247 e. The Hall–Kier alpha value is -1.01. The van der Waals surface area contributed by atoms with Crippen LogP contribution < -0.4 is 5.14 Å². The van der Waals surface area contributed by atoms with Crippen molar-refractivity contribution in [3.8, 4) is 0 Å². The Kier molecular flexibility index (Phi) is 7.06. The van der Waals surface area contributed by atoms with Crippen molar-refractivity contribution in [2.24, 2.45) is 5.14 Å². The van der Waals surface area contributed by atoms with Gasteiger partial charge in [-0.25, -0.2) is 22.0 Å². The summed E-state index contributed by atoms with van der Waals surface area (Å²) in [5, 5.41) is 6.35. The fourth-order valence-corrected chi connectivity index (χ4v) is 6.07. The fraction of sp³-hybridized carbons (Fsp3) is 0.375. The number of nitrogens with zero attached hydrogens (tertiary/aromatic N) is 2. The third kappa shape index (κ3) is 5.29. The number of sulfonamides is 1. The highest BCUT2D eigenvalue weighted by Crippen LogP contribution is 2.28. The van der Waals surface area contributed by atoms with Crippen LogP contribution in [-0.4, -0.2) is 59.9 Å². The first kappa shape index (κ1) is 22.3. The zero-order valence-corrected chi connectivity index (χ0v) is 18.0. The van der Waals surface area contributed by atoms with Crippen LogP contribution in [0.2, 0.25) is 0 Å². The minimum Gasteiger partial charge on any atom is -0.304 e. The smallest absolute Gasteiger partial charge is 0.247 e. The lowest BCUT2D eigenvalue weighted by molar-refractivity contribution is 0.148.